The maximum absolute atomic E-state index is 12.9. The molecule has 2 aromatic carbocycles. The molecular weight excluding hydrogens is 525 g/mol. The number of aliphatic hydroxyl groups excluding tert-OH is 2. The molecule has 2 aromatic heterocycles. The number of alkyl halides is 3. The standard InChI is InChI=1S/C26H24ClF3N4O4/c27-18-10-19-24(34-25(32-19)38-17-9-20(36)21(11-35)37-12-17)33-22(18)15-5-1-13(2-6-15)14-3-7-16(8-4-14)23(31)26(28,29)30/h1-8,10,17,20-21,23,35-36H,9,11-12,31H2,(H,32,33,34)/t17-,20+,21-,23?/m1/s1. The smallest absolute Gasteiger partial charge is 0.407 e. The molecule has 1 unspecified atom stereocenters. The third kappa shape index (κ3) is 5.47. The Balaban J connectivity index is 1.32. The molecule has 0 spiro atoms. The molecule has 4 aromatic rings. The van der Waals surface area contributed by atoms with E-state index < -0.39 is 30.5 Å². The monoisotopic (exact) mass is 548 g/mol. The molecular formula is C26H24ClF3N4O4. The fourth-order valence-electron chi connectivity index (χ4n) is 4.29. The Kier molecular flexibility index (Phi) is 7.30. The molecule has 0 radical (unpaired) electrons. The molecule has 1 aliphatic rings. The van der Waals surface area contributed by atoms with Crippen LogP contribution in [-0.2, 0) is 4.74 Å². The third-order valence-corrected chi connectivity index (χ3v) is 6.70. The summed E-state index contributed by atoms with van der Waals surface area (Å²) in [5, 5.41) is 19.6. The van der Waals surface area contributed by atoms with E-state index >= 15 is 0 Å². The minimum atomic E-state index is -4.51. The molecule has 38 heavy (non-hydrogen) atoms. The zero-order chi connectivity index (χ0) is 27.0. The Morgan fingerprint density at radius 3 is 2.32 bits per heavy atom. The van der Waals surface area contributed by atoms with Crippen molar-refractivity contribution in [3.05, 3.63) is 65.2 Å². The lowest BCUT2D eigenvalue weighted by Crippen LogP contribution is -2.45. The second kappa shape index (κ2) is 10.5. The fraction of sp³-hybridized carbons (Fsp3) is 0.308. The number of nitrogens with zero attached hydrogens (tertiary/aromatic N) is 2. The fourth-order valence-corrected chi connectivity index (χ4v) is 4.55. The van der Waals surface area contributed by atoms with Crippen molar-refractivity contribution in [1.82, 2.24) is 15.0 Å². The number of benzene rings is 2. The number of pyridine rings is 1. The quantitative estimate of drug-likeness (QED) is 0.281. The van der Waals surface area contributed by atoms with Gasteiger partial charge in [0.15, 0.2) is 5.65 Å². The number of fused-ring (bicyclic) bond motifs is 1. The summed E-state index contributed by atoms with van der Waals surface area (Å²) in [7, 11) is 0. The van der Waals surface area contributed by atoms with Gasteiger partial charge in [0.1, 0.15) is 18.2 Å². The average Bonchev–Trinajstić information content (AvgIpc) is 3.28. The highest BCUT2D eigenvalue weighted by atomic mass is 35.5. The van der Waals surface area contributed by atoms with E-state index in [4.69, 9.17) is 26.8 Å². The molecule has 5 rings (SSSR count). The summed E-state index contributed by atoms with van der Waals surface area (Å²) in [6.07, 6.45) is -6.15. The predicted octanol–water partition coefficient (Wildman–Crippen LogP) is 4.40. The van der Waals surface area contributed by atoms with Crippen molar-refractivity contribution >= 4 is 22.8 Å². The highest BCUT2D eigenvalue weighted by molar-refractivity contribution is 6.33. The first-order chi connectivity index (χ1) is 18.1. The molecule has 12 heteroatoms. The van der Waals surface area contributed by atoms with E-state index in [2.05, 4.69) is 15.0 Å². The minimum absolute atomic E-state index is 0.00829. The van der Waals surface area contributed by atoms with Crippen LogP contribution in [0, 0.1) is 0 Å². The van der Waals surface area contributed by atoms with Gasteiger partial charge >= 0.3 is 6.18 Å². The number of rotatable bonds is 6. The van der Waals surface area contributed by atoms with E-state index in [0.717, 1.165) is 16.7 Å². The Labute approximate surface area is 220 Å². The lowest BCUT2D eigenvalue weighted by molar-refractivity contribution is -0.149. The number of aromatic amines is 1. The van der Waals surface area contributed by atoms with Crippen LogP contribution in [0.15, 0.2) is 54.6 Å². The van der Waals surface area contributed by atoms with E-state index in [1.165, 1.54) is 12.1 Å². The predicted molar refractivity (Wildman–Crippen MR) is 135 cm³/mol. The van der Waals surface area contributed by atoms with Gasteiger partial charge < -0.3 is 30.4 Å². The summed E-state index contributed by atoms with van der Waals surface area (Å²) in [5.41, 5.74) is 8.97. The highest BCUT2D eigenvalue weighted by Gasteiger charge is 2.37. The summed E-state index contributed by atoms with van der Waals surface area (Å²) in [6.45, 7) is -0.0728. The van der Waals surface area contributed by atoms with Crippen molar-refractivity contribution in [2.75, 3.05) is 13.2 Å². The average molecular weight is 549 g/mol. The lowest BCUT2D eigenvalue weighted by Gasteiger charge is -2.31. The summed E-state index contributed by atoms with van der Waals surface area (Å²) in [6, 6.07) is 13.1. The van der Waals surface area contributed by atoms with Gasteiger partial charge in [-0.15, -0.1) is 0 Å². The van der Waals surface area contributed by atoms with Gasteiger partial charge in [0.2, 0.25) is 0 Å². The number of H-pyrrole nitrogens is 1. The maximum atomic E-state index is 12.9. The number of ether oxygens (including phenoxy) is 2. The third-order valence-electron chi connectivity index (χ3n) is 6.41. The highest BCUT2D eigenvalue weighted by Crippen LogP contribution is 2.33. The van der Waals surface area contributed by atoms with Gasteiger partial charge in [0.25, 0.3) is 6.01 Å². The molecule has 1 aliphatic heterocycles. The number of nitrogens with one attached hydrogen (secondary N) is 1. The molecule has 8 nitrogen and oxygen atoms in total. The molecule has 0 saturated carbocycles. The van der Waals surface area contributed by atoms with Crippen LogP contribution in [0.4, 0.5) is 13.2 Å². The normalized spacial score (nSPS) is 21.0. The van der Waals surface area contributed by atoms with Crippen LogP contribution >= 0.6 is 11.6 Å². The second-order valence-corrected chi connectivity index (χ2v) is 9.46. The number of nitrogens with two attached hydrogens (primary N) is 1. The molecule has 4 atom stereocenters. The maximum Gasteiger partial charge on any atom is 0.407 e. The zero-order valence-corrected chi connectivity index (χ0v) is 20.6. The molecule has 200 valence electrons. The first kappa shape index (κ1) is 26.4. The van der Waals surface area contributed by atoms with Crippen LogP contribution < -0.4 is 10.5 Å². The van der Waals surface area contributed by atoms with Crippen molar-refractivity contribution in [2.24, 2.45) is 5.73 Å². The Hall–Kier alpha value is -3.22. The first-order valence-electron chi connectivity index (χ1n) is 11.8. The Morgan fingerprint density at radius 1 is 1.08 bits per heavy atom. The Morgan fingerprint density at radius 2 is 1.71 bits per heavy atom. The number of hydrogen-bond acceptors (Lipinski definition) is 7. The number of halogens is 4. The Bertz CT molecular complexity index is 1410. The van der Waals surface area contributed by atoms with E-state index in [0.29, 0.717) is 21.9 Å². The molecule has 0 amide bonds. The van der Waals surface area contributed by atoms with Gasteiger partial charge in [-0.3, -0.25) is 0 Å². The summed E-state index contributed by atoms with van der Waals surface area (Å²) in [5.74, 6) is 0. The van der Waals surface area contributed by atoms with Gasteiger partial charge in [-0.1, -0.05) is 60.1 Å². The molecule has 3 heterocycles. The van der Waals surface area contributed by atoms with Gasteiger partial charge in [0, 0.05) is 12.0 Å². The van der Waals surface area contributed by atoms with Crippen LogP contribution in [0.3, 0.4) is 0 Å². The van der Waals surface area contributed by atoms with Gasteiger partial charge in [-0.05, 0) is 22.8 Å². The number of imidazole rings is 1. The van der Waals surface area contributed by atoms with Crippen LogP contribution in [0.5, 0.6) is 6.01 Å². The largest absolute Gasteiger partial charge is 0.459 e. The molecule has 0 bridgehead atoms. The molecule has 1 saturated heterocycles. The van der Waals surface area contributed by atoms with Crippen molar-refractivity contribution in [3.63, 3.8) is 0 Å². The topological polar surface area (TPSA) is 127 Å². The van der Waals surface area contributed by atoms with Crippen LogP contribution in [0.1, 0.15) is 18.0 Å². The van der Waals surface area contributed by atoms with E-state index in [-0.39, 0.29) is 31.2 Å². The lowest BCUT2D eigenvalue weighted by atomic mass is 9.99. The first-order valence-corrected chi connectivity index (χ1v) is 12.2. The number of aromatic nitrogens is 3. The number of aliphatic hydroxyl groups is 2. The van der Waals surface area contributed by atoms with Crippen molar-refractivity contribution in [3.8, 4) is 28.4 Å². The van der Waals surface area contributed by atoms with Gasteiger partial charge in [0.05, 0.1) is 35.6 Å². The van der Waals surface area contributed by atoms with Crippen LogP contribution in [0.2, 0.25) is 5.02 Å². The van der Waals surface area contributed by atoms with Gasteiger partial charge in [-0.25, -0.2) is 4.98 Å². The minimum Gasteiger partial charge on any atom is -0.459 e. The second-order valence-electron chi connectivity index (χ2n) is 9.05. The van der Waals surface area contributed by atoms with E-state index in [1.807, 2.05) is 24.3 Å². The van der Waals surface area contributed by atoms with Crippen LogP contribution in [-0.4, -0.2) is 62.9 Å². The molecule has 1 fully saturated rings. The zero-order valence-electron chi connectivity index (χ0n) is 19.8. The van der Waals surface area contributed by atoms with Gasteiger partial charge in [-0.2, -0.15) is 18.2 Å². The van der Waals surface area contributed by atoms with E-state index in [1.54, 1.807) is 18.2 Å². The van der Waals surface area contributed by atoms with Crippen molar-refractivity contribution in [1.29, 1.82) is 0 Å². The number of hydrogen-bond donors (Lipinski definition) is 4. The summed E-state index contributed by atoms with van der Waals surface area (Å²) < 4.78 is 49.8. The van der Waals surface area contributed by atoms with E-state index in [9.17, 15) is 23.4 Å². The SMILES string of the molecule is NC(c1ccc(-c2ccc(-c3nc4nc(O[C@H]5CO[C@H](CO)[C@@H](O)C5)[nH]c4cc3Cl)cc2)cc1)C(F)(F)F. The van der Waals surface area contributed by atoms with Crippen LogP contribution in [0.25, 0.3) is 33.5 Å². The summed E-state index contributed by atoms with van der Waals surface area (Å²) >= 11 is 6.50. The molecule has 5 N–H and O–H groups in total. The van der Waals surface area contributed by atoms with Crippen molar-refractivity contribution < 1.29 is 32.9 Å². The van der Waals surface area contributed by atoms with Crippen molar-refractivity contribution in [2.45, 2.75) is 37.0 Å². The summed E-state index contributed by atoms with van der Waals surface area (Å²) in [4.78, 5) is 12.0. The molecule has 0 aliphatic carbocycles.